The first kappa shape index (κ1) is 49.3. The highest BCUT2D eigenvalue weighted by Gasteiger charge is 2.31. The van der Waals surface area contributed by atoms with E-state index in [0.717, 1.165) is 57.8 Å². The number of aliphatic carboxylic acids is 1. The van der Waals surface area contributed by atoms with E-state index in [1.807, 2.05) is 21.1 Å². The number of likely N-dealkylation sites (N-methyl/N-ethyl adjacent to an activating group) is 1. The summed E-state index contributed by atoms with van der Waals surface area (Å²) < 4.78 is 17.2. The Balaban J connectivity index is 4.34. The Morgan fingerprint density at radius 2 is 1.10 bits per heavy atom. The molecule has 0 fully saturated rings. The van der Waals surface area contributed by atoms with Crippen LogP contribution in [-0.2, 0) is 28.6 Å². The minimum atomic E-state index is -0.881. The Hall–Kier alpha value is -2.71. The topological polar surface area (TPSA) is 99.1 Å². The van der Waals surface area contributed by atoms with Crippen molar-refractivity contribution >= 4 is 17.9 Å². The van der Waals surface area contributed by atoms with Gasteiger partial charge in [-0.2, -0.15) is 0 Å². The fourth-order valence-electron chi connectivity index (χ4n) is 5.76. The number of allylic oxidation sites excluding steroid dienone is 8. The Kier molecular flexibility index (Phi) is 33.5. The number of hydrogen-bond donors (Lipinski definition) is 1. The first-order valence-electron chi connectivity index (χ1n) is 20.7. The van der Waals surface area contributed by atoms with Crippen LogP contribution < -0.4 is 0 Å². The molecule has 0 aromatic carbocycles. The average molecular weight is 733 g/mol. The van der Waals surface area contributed by atoms with Gasteiger partial charge < -0.3 is 23.8 Å². The van der Waals surface area contributed by atoms with Crippen molar-refractivity contribution in [1.82, 2.24) is 0 Å². The molecule has 52 heavy (non-hydrogen) atoms. The smallest absolute Gasteiger partial charge is 0.362 e. The molecule has 0 aliphatic rings. The number of carbonyl (C=O) groups excluding carboxylic acids is 2. The van der Waals surface area contributed by atoms with Crippen LogP contribution in [-0.4, -0.2) is 80.6 Å². The molecule has 300 valence electrons. The molecule has 0 rings (SSSR count). The second-order valence-corrected chi connectivity index (χ2v) is 14.9. The summed E-state index contributed by atoms with van der Waals surface area (Å²) in [5.41, 5.74) is 0. The van der Waals surface area contributed by atoms with Crippen LogP contribution in [0.1, 0.15) is 162 Å². The van der Waals surface area contributed by atoms with E-state index in [-0.39, 0.29) is 36.2 Å². The van der Waals surface area contributed by atoms with Gasteiger partial charge in [-0.3, -0.25) is 9.59 Å². The monoisotopic (exact) mass is 733 g/mol. The molecule has 0 radical (unpaired) electrons. The Labute approximate surface area is 318 Å². The summed E-state index contributed by atoms with van der Waals surface area (Å²) in [4.78, 5) is 36.8. The van der Waals surface area contributed by atoms with E-state index in [4.69, 9.17) is 14.2 Å². The lowest BCUT2D eigenvalue weighted by atomic mass is 10.1. The summed E-state index contributed by atoms with van der Waals surface area (Å²) in [5, 5.41) is 9.59. The molecule has 8 nitrogen and oxygen atoms in total. The minimum absolute atomic E-state index is 0.0497. The number of nitrogens with zero attached hydrogens (tertiary/aromatic N) is 1. The molecule has 0 aromatic rings. The van der Waals surface area contributed by atoms with Crippen molar-refractivity contribution in [2.45, 2.75) is 174 Å². The fraction of sp³-hybridized carbons (Fsp3) is 0.750. The predicted octanol–water partition coefficient (Wildman–Crippen LogP) is 10.9. The summed E-state index contributed by atoms with van der Waals surface area (Å²) in [6, 6.07) is -0.618. The van der Waals surface area contributed by atoms with Gasteiger partial charge in [0.05, 0.1) is 34.4 Å². The number of ether oxygens (including phenoxy) is 3. The second kappa shape index (κ2) is 35.3. The van der Waals surface area contributed by atoms with Crippen LogP contribution in [0.15, 0.2) is 48.6 Å². The van der Waals surface area contributed by atoms with Crippen molar-refractivity contribution in [3.8, 4) is 0 Å². The van der Waals surface area contributed by atoms with E-state index >= 15 is 0 Å². The first-order valence-corrected chi connectivity index (χ1v) is 20.7. The van der Waals surface area contributed by atoms with E-state index in [1.165, 1.54) is 64.2 Å². The summed E-state index contributed by atoms with van der Waals surface area (Å²) >= 11 is 0. The molecule has 0 saturated carbocycles. The molecule has 8 heteroatoms. The molecule has 0 heterocycles. The lowest BCUT2D eigenvalue weighted by Gasteiger charge is -2.31. The van der Waals surface area contributed by atoms with Crippen LogP contribution in [0.2, 0.25) is 0 Å². The van der Waals surface area contributed by atoms with Gasteiger partial charge in [0, 0.05) is 19.3 Å². The van der Waals surface area contributed by atoms with Gasteiger partial charge in [-0.1, -0.05) is 127 Å². The molecule has 0 bridgehead atoms. The lowest BCUT2D eigenvalue weighted by molar-refractivity contribution is -0.887. The highest BCUT2D eigenvalue weighted by atomic mass is 16.6. The number of rotatable bonds is 36. The number of unbranched alkanes of at least 4 members (excludes halogenated alkanes) is 14. The molecule has 2 unspecified atom stereocenters. The van der Waals surface area contributed by atoms with E-state index < -0.39 is 18.1 Å². The van der Waals surface area contributed by atoms with E-state index in [2.05, 4.69) is 62.5 Å². The van der Waals surface area contributed by atoms with Crippen LogP contribution in [0.5, 0.6) is 0 Å². The van der Waals surface area contributed by atoms with Crippen LogP contribution in [0, 0.1) is 0 Å². The van der Waals surface area contributed by atoms with Crippen LogP contribution in [0.3, 0.4) is 0 Å². The zero-order valence-electron chi connectivity index (χ0n) is 34.0. The maximum absolute atomic E-state index is 12.7. The number of esters is 2. The molecule has 0 aliphatic heterocycles. The Bertz CT molecular complexity index is 995. The molecule has 0 aromatic heterocycles. The zero-order valence-corrected chi connectivity index (χ0v) is 34.0. The highest BCUT2D eigenvalue weighted by Crippen LogP contribution is 2.14. The van der Waals surface area contributed by atoms with Crippen molar-refractivity contribution in [3.05, 3.63) is 48.6 Å². The van der Waals surface area contributed by atoms with Crippen molar-refractivity contribution in [2.24, 2.45) is 0 Å². The molecule has 2 atom stereocenters. The van der Waals surface area contributed by atoms with E-state index in [0.29, 0.717) is 25.7 Å². The number of carboxylic acids is 1. The van der Waals surface area contributed by atoms with Gasteiger partial charge in [-0.15, -0.1) is 0 Å². The minimum Gasteiger partial charge on any atom is -0.477 e. The van der Waals surface area contributed by atoms with Gasteiger partial charge in [0.2, 0.25) is 0 Å². The van der Waals surface area contributed by atoms with Crippen LogP contribution in [0.25, 0.3) is 0 Å². The van der Waals surface area contributed by atoms with Crippen LogP contribution in [0.4, 0.5) is 0 Å². The summed E-state index contributed by atoms with van der Waals surface area (Å²) in [6.07, 6.45) is 40.2. The van der Waals surface area contributed by atoms with Gasteiger partial charge >= 0.3 is 17.9 Å². The Morgan fingerprint density at radius 1 is 0.596 bits per heavy atom. The number of carboxylic acid groups (broad SMARTS) is 1. The van der Waals surface area contributed by atoms with Crippen LogP contribution >= 0.6 is 0 Å². The van der Waals surface area contributed by atoms with Gasteiger partial charge in [-0.25, -0.2) is 4.79 Å². The van der Waals surface area contributed by atoms with Crippen molar-refractivity contribution in [1.29, 1.82) is 0 Å². The number of quaternary nitrogens is 1. The normalized spacial score (nSPS) is 13.5. The highest BCUT2D eigenvalue weighted by molar-refractivity contribution is 5.72. The van der Waals surface area contributed by atoms with E-state index in [1.54, 1.807) is 0 Å². The molecular formula is C44H78NO7+. The molecule has 0 saturated heterocycles. The standard InChI is InChI=1S/C44H77NO7/c1-6-8-10-12-14-16-17-18-19-20-21-22-23-24-25-27-29-31-33-35-43(47)52-40(38-50-37-36-41(44(48)49)45(3,4)5)39-51-42(46)34-32-30-28-26-15-13-11-9-7-2/h8,10,14,16,18-19,26,28,40-41H,6-7,9,11-13,15,17,20-25,27,29-39H2,1-5H3/p+1/b10-8+,16-14+,19-18+,28-26+. The maximum Gasteiger partial charge on any atom is 0.362 e. The third-order valence-electron chi connectivity index (χ3n) is 8.96. The lowest BCUT2D eigenvalue weighted by Crippen LogP contribution is -2.50. The van der Waals surface area contributed by atoms with Gasteiger partial charge in [0.1, 0.15) is 6.61 Å². The maximum atomic E-state index is 12.7. The van der Waals surface area contributed by atoms with E-state index in [9.17, 15) is 19.5 Å². The summed E-state index contributed by atoms with van der Waals surface area (Å²) in [5.74, 6) is -1.52. The molecule has 0 spiro atoms. The molecule has 0 amide bonds. The SMILES string of the molecule is CC/C=C/C/C=C/C/C=C/CCCCCCCCCCCC(=O)OC(COCCC(C(=O)O)[N+](C)(C)C)COC(=O)CCC/C=C/CCCCCC. The fourth-order valence-corrected chi connectivity index (χ4v) is 5.76. The molecular weight excluding hydrogens is 654 g/mol. The first-order chi connectivity index (χ1) is 25.1. The summed E-state index contributed by atoms with van der Waals surface area (Å²) in [7, 11) is 5.51. The third-order valence-corrected chi connectivity index (χ3v) is 8.96. The molecule has 0 aliphatic carbocycles. The third kappa shape index (κ3) is 33.1. The Morgan fingerprint density at radius 3 is 1.67 bits per heavy atom. The predicted molar refractivity (Wildman–Crippen MR) is 215 cm³/mol. The van der Waals surface area contributed by atoms with Crippen molar-refractivity contribution < 1.29 is 38.2 Å². The quantitative estimate of drug-likeness (QED) is 0.0296. The summed E-state index contributed by atoms with van der Waals surface area (Å²) in [6.45, 7) is 4.54. The second-order valence-electron chi connectivity index (χ2n) is 14.9. The average Bonchev–Trinajstić information content (AvgIpc) is 3.09. The number of carbonyl (C=O) groups is 3. The van der Waals surface area contributed by atoms with Gasteiger partial charge in [0.25, 0.3) is 0 Å². The molecule has 1 N–H and O–H groups in total. The number of hydrogen-bond acceptors (Lipinski definition) is 6. The van der Waals surface area contributed by atoms with Crippen molar-refractivity contribution in [2.75, 3.05) is 41.0 Å². The van der Waals surface area contributed by atoms with Gasteiger partial charge in [-0.05, 0) is 64.2 Å². The van der Waals surface area contributed by atoms with Crippen molar-refractivity contribution in [3.63, 3.8) is 0 Å². The largest absolute Gasteiger partial charge is 0.477 e. The zero-order chi connectivity index (χ0) is 38.5. The van der Waals surface area contributed by atoms with Gasteiger partial charge in [0.15, 0.2) is 12.1 Å².